The minimum atomic E-state index is -4.41. The van der Waals surface area contributed by atoms with Gasteiger partial charge in [-0.05, 0) is 22.6 Å². The first-order valence-corrected chi connectivity index (χ1v) is 6.18. The Morgan fingerprint density at radius 1 is 0.938 bits per heavy atom. The number of hydrogen-bond acceptors (Lipinski definition) is 3. The molecule has 3 nitrogen and oxygen atoms in total. The predicted molar refractivity (Wildman–Crippen MR) is 60.8 cm³/mol. The van der Waals surface area contributed by atoms with Crippen LogP contribution in [0.5, 0.6) is 0 Å². The third-order valence-corrected chi connectivity index (χ3v) is 3.67. The monoisotopic (exact) mass is 231 g/mol. The van der Waals surface area contributed by atoms with E-state index in [0.717, 1.165) is 16.5 Å². The summed E-state index contributed by atoms with van der Waals surface area (Å²) < 4.78 is 33.3. The number of benzene rings is 2. The van der Waals surface area contributed by atoms with Gasteiger partial charge in [-0.25, -0.2) is 8.42 Å². The summed E-state index contributed by atoms with van der Waals surface area (Å²) in [4.78, 5) is -0.142. The van der Waals surface area contributed by atoms with Crippen LogP contribution in [0.4, 0.5) is 0 Å². The van der Waals surface area contributed by atoms with E-state index in [2.05, 4.69) is 0 Å². The molecule has 16 heavy (non-hydrogen) atoms. The molecular weight excluding hydrogens is 224 g/mol. The average molecular weight is 231 g/mol. The van der Waals surface area contributed by atoms with Crippen LogP contribution in [0.1, 0.15) is 11.1 Å². The molecule has 2 aromatic rings. The largest absolute Gasteiger partial charge is 0.744 e. The average Bonchev–Trinajstić information content (AvgIpc) is 2.63. The van der Waals surface area contributed by atoms with E-state index in [0.29, 0.717) is 5.39 Å². The van der Waals surface area contributed by atoms with E-state index in [9.17, 15) is 13.0 Å². The summed E-state index contributed by atoms with van der Waals surface area (Å²) in [6.45, 7) is 0. The lowest BCUT2D eigenvalue weighted by Gasteiger charge is -2.11. The zero-order valence-corrected chi connectivity index (χ0v) is 8.99. The Kier molecular flexibility index (Phi) is 1.75. The molecule has 1 aliphatic carbocycles. The second-order valence-electron chi connectivity index (χ2n) is 3.71. The molecule has 0 N–H and O–H groups in total. The molecule has 0 saturated carbocycles. The van der Waals surface area contributed by atoms with Crippen molar-refractivity contribution in [3.05, 3.63) is 41.5 Å². The normalized spacial score (nSPS) is 13.6. The highest BCUT2D eigenvalue weighted by atomic mass is 32.2. The van der Waals surface area contributed by atoms with Gasteiger partial charge < -0.3 is 4.55 Å². The van der Waals surface area contributed by atoms with Crippen LogP contribution in [0.3, 0.4) is 0 Å². The third-order valence-electron chi connectivity index (χ3n) is 2.78. The van der Waals surface area contributed by atoms with Gasteiger partial charge in [0.2, 0.25) is 0 Å². The molecule has 0 saturated heterocycles. The van der Waals surface area contributed by atoms with Gasteiger partial charge >= 0.3 is 0 Å². The van der Waals surface area contributed by atoms with Gasteiger partial charge in [-0.1, -0.05) is 36.4 Å². The predicted octanol–water partition coefficient (Wildman–Crippen LogP) is 2.23. The maximum Gasteiger partial charge on any atom is 0.125 e. The van der Waals surface area contributed by atoms with Crippen LogP contribution < -0.4 is 0 Å². The first kappa shape index (κ1) is 9.57. The van der Waals surface area contributed by atoms with Crippen molar-refractivity contribution in [2.75, 3.05) is 0 Å². The minimum absolute atomic E-state index is 0.142. The van der Waals surface area contributed by atoms with Gasteiger partial charge in [-0.15, -0.1) is 0 Å². The second-order valence-corrected chi connectivity index (χ2v) is 5.06. The van der Waals surface area contributed by atoms with Crippen molar-refractivity contribution in [3.8, 4) is 0 Å². The van der Waals surface area contributed by atoms with E-state index in [1.165, 1.54) is 6.07 Å². The molecule has 0 atom stereocenters. The molecule has 0 heterocycles. The van der Waals surface area contributed by atoms with Gasteiger partial charge in [-0.3, -0.25) is 0 Å². The highest BCUT2D eigenvalue weighted by molar-refractivity contribution is 7.86. The fourth-order valence-corrected chi connectivity index (χ4v) is 2.79. The van der Waals surface area contributed by atoms with Crippen molar-refractivity contribution in [2.24, 2.45) is 0 Å². The molecule has 0 aromatic heterocycles. The summed E-state index contributed by atoms with van der Waals surface area (Å²) in [7, 11) is -4.41. The van der Waals surface area contributed by atoms with Crippen LogP contribution >= 0.6 is 0 Å². The first-order chi connectivity index (χ1) is 7.57. The number of hydrogen-bond donors (Lipinski definition) is 0. The van der Waals surface area contributed by atoms with E-state index < -0.39 is 10.1 Å². The molecule has 1 aliphatic rings. The van der Waals surface area contributed by atoms with Crippen LogP contribution in [0.2, 0.25) is 0 Å². The SMILES string of the molecule is O=S(=O)([O-])c1ccc2c3c(cccc13)C=C2. The van der Waals surface area contributed by atoms with E-state index in [1.807, 2.05) is 18.2 Å². The quantitative estimate of drug-likeness (QED) is 0.603. The number of rotatable bonds is 1. The smallest absolute Gasteiger partial charge is 0.125 e. The second kappa shape index (κ2) is 2.93. The van der Waals surface area contributed by atoms with E-state index in [1.54, 1.807) is 18.2 Å². The maximum atomic E-state index is 11.1. The summed E-state index contributed by atoms with van der Waals surface area (Å²) in [5.74, 6) is 0. The van der Waals surface area contributed by atoms with Gasteiger partial charge in [0, 0.05) is 5.39 Å². The minimum Gasteiger partial charge on any atom is -0.744 e. The van der Waals surface area contributed by atoms with Crippen LogP contribution in [-0.2, 0) is 10.1 Å². The Balaban J connectivity index is 2.55. The molecule has 0 unspecified atom stereocenters. The molecule has 3 rings (SSSR count). The van der Waals surface area contributed by atoms with Crippen LogP contribution in [0.25, 0.3) is 22.9 Å². The van der Waals surface area contributed by atoms with Gasteiger partial charge in [-0.2, -0.15) is 0 Å². The zero-order valence-electron chi connectivity index (χ0n) is 8.17. The molecule has 4 heteroatoms. The van der Waals surface area contributed by atoms with Gasteiger partial charge in [0.1, 0.15) is 10.1 Å². The molecule has 0 amide bonds. The van der Waals surface area contributed by atoms with Gasteiger partial charge in [0.15, 0.2) is 0 Å². The molecule has 0 bridgehead atoms. The Bertz CT molecular complexity index is 715. The lowest BCUT2D eigenvalue weighted by atomic mass is 10.0. The molecule has 0 radical (unpaired) electrons. The van der Waals surface area contributed by atoms with E-state index >= 15 is 0 Å². The highest BCUT2D eigenvalue weighted by Gasteiger charge is 2.14. The summed E-state index contributed by atoms with van der Waals surface area (Å²) in [5, 5.41) is 1.36. The van der Waals surface area contributed by atoms with Crippen LogP contribution in [0, 0.1) is 0 Å². The maximum absolute atomic E-state index is 11.1. The summed E-state index contributed by atoms with van der Waals surface area (Å²) >= 11 is 0. The van der Waals surface area contributed by atoms with Crippen molar-refractivity contribution < 1.29 is 13.0 Å². The summed E-state index contributed by atoms with van der Waals surface area (Å²) in [6, 6.07) is 8.36. The van der Waals surface area contributed by atoms with Gasteiger partial charge in [0.05, 0.1) is 4.90 Å². The van der Waals surface area contributed by atoms with Crippen molar-refractivity contribution in [2.45, 2.75) is 4.90 Å². The fraction of sp³-hybridized carbons (Fsp3) is 0. The Morgan fingerprint density at radius 2 is 1.62 bits per heavy atom. The van der Waals surface area contributed by atoms with E-state index in [4.69, 9.17) is 0 Å². The highest BCUT2D eigenvalue weighted by Crippen LogP contribution is 2.34. The lowest BCUT2D eigenvalue weighted by molar-refractivity contribution is 0.464. The molecule has 80 valence electrons. The van der Waals surface area contributed by atoms with Crippen molar-refractivity contribution >= 4 is 33.0 Å². The topological polar surface area (TPSA) is 57.2 Å². The molecule has 2 aromatic carbocycles. The molecule has 0 spiro atoms. The third kappa shape index (κ3) is 1.20. The summed E-state index contributed by atoms with van der Waals surface area (Å²) in [5.41, 5.74) is 1.91. The summed E-state index contributed by atoms with van der Waals surface area (Å²) in [6.07, 6.45) is 3.83. The Labute approximate surface area is 92.8 Å². The molecule has 0 fully saturated rings. The Morgan fingerprint density at radius 3 is 2.31 bits per heavy atom. The van der Waals surface area contributed by atoms with Crippen LogP contribution in [-0.4, -0.2) is 13.0 Å². The lowest BCUT2D eigenvalue weighted by Crippen LogP contribution is -1.99. The Hall–Kier alpha value is -1.65. The molecule has 0 aliphatic heterocycles. The van der Waals surface area contributed by atoms with Crippen LogP contribution in [0.15, 0.2) is 35.2 Å². The standard InChI is InChI=1S/C12H8O3S/c13-16(14,15)11-7-6-9-5-4-8-2-1-3-10(11)12(8)9/h1-7H,(H,13,14,15)/p-1. The van der Waals surface area contributed by atoms with Crippen molar-refractivity contribution in [1.82, 2.24) is 0 Å². The molecular formula is C12H7O3S-. The van der Waals surface area contributed by atoms with E-state index in [-0.39, 0.29) is 4.90 Å². The fourth-order valence-electron chi connectivity index (χ4n) is 2.11. The van der Waals surface area contributed by atoms with Crippen molar-refractivity contribution in [1.29, 1.82) is 0 Å². The first-order valence-electron chi connectivity index (χ1n) is 4.77. The van der Waals surface area contributed by atoms with Gasteiger partial charge in [0.25, 0.3) is 0 Å². The van der Waals surface area contributed by atoms with Crippen molar-refractivity contribution in [3.63, 3.8) is 0 Å². The zero-order chi connectivity index (χ0) is 11.3.